The monoisotopic (exact) mass is 278 g/mol. The summed E-state index contributed by atoms with van der Waals surface area (Å²) in [5.41, 5.74) is 7.34. The van der Waals surface area contributed by atoms with Gasteiger partial charge in [0.2, 0.25) is 0 Å². The highest BCUT2D eigenvalue weighted by Crippen LogP contribution is 2.39. The number of para-hydroxylation sites is 1. The molecule has 3 aliphatic rings. The van der Waals surface area contributed by atoms with Gasteiger partial charge in [0.25, 0.3) is 0 Å². The first-order valence-corrected chi connectivity index (χ1v) is 7.95. The molecule has 21 heavy (non-hydrogen) atoms. The molecule has 0 saturated carbocycles. The highest BCUT2D eigenvalue weighted by molar-refractivity contribution is 5.62. The Hall–Kier alpha value is -1.80. The van der Waals surface area contributed by atoms with E-state index < -0.39 is 0 Å². The van der Waals surface area contributed by atoms with E-state index in [4.69, 9.17) is 0 Å². The van der Waals surface area contributed by atoms with Crippen LogP contribution in [0.5, 0.6) is 0 Å². The zero-order chi connectivity index (χ0) is 14.2. The number of nitrogens with one attached hydrogen (secondary N) is 1. The zero-order valence-electron chi connectivity index (χ0n) is 12.6. The molecule has 2 heterocycles. The molecule has 1 aromatic rings. The van der Waals surface area contributed by atoms with Crippen molar-refractivity contribution in [2.24, 2.45) is 5.92 Å². The molecule has 1 N–H and O–H groups in total. The number of piperidine rings is 1. The third kappa shape index (κ3) is 2.34. The van der Waals surface area contributed by atoms with Crippen LogP contribution in [0.15, 0.2) is 59.3 Å². The second-order valence-corrected chi connectivity index (χ2v) is 6.38. The molecule has 4 rings (SSSR count). The van der Waals surface area contributed by atoms with Gasteiger partial charge in [-0.25, -0.2) is 0 Å². The van der Waals surface area contributed by atoms with Gasteiger partial charge in [-0.3, -0.25) is 0 Å². The molecule has 1 fully saturated rings. The second kappa shape index (κ2) is 5.19. The van der Waals surface area contributed by atoms with E-state index in [1.807, 2.05) is 0 Å². The largest absolute Gasteiger partial charge is 0.358 e. The standard InChI is InChI=1S/C19H22N2/c1-21-11-9-14(10-12-21)16-6-4-8-19-17(16)13-15-5-2-3-7-18(15)20-19/h2-8,17,20H,9-13H2,1H3. The van der Waals surface area contributed by atoms with E-state index in [0.29, 0.717) is 5.92 Å². The SMILES string of the molecule is CN1CCC(=C2C=CC=C3Nc4ccccc4CC32)CC1. The van der Waals surface area contributed by atoms with Crippen LogP contribution in [0, 0.1) is 5.92 Å². The fourth-order valence-electron chi connectivity index (χ4n) is 3.74. The van der Waals surface area contributed by atoms with Gasteiger partial charge in [0.05, 0.1) is 0 Å². The van der Waals surface area contributed by atoms with E-state index in [-0.39, 0.29) is 0 Å². The number of fused-ring (bicyclic) bond motifs is 2. The number of nitrogens with zero attached hydrogens (tertiary/aromatic N) is 1. The smallest absolute Gasteiger partial charge is 0.0414 e. The van der Waals surface area contributed by atoms with Crippen molar-refractivity contribution in [1.82, 2.24) is 4.90 Å². The molecule has 108 valence electrons. The molecule has 0 amide bonds. The first kappa shape index (κ1) is 12.9. The number of likely N-dealkylation sites (tertiary alicyclic amines) is 1. The average molecular weight is 278 g/mol. The number of rotatable bonds is 0. The topological polar surface area (TPSA) is 15.3 Å². The summed E-state index contributed by atoms with van der Waals surface area (Å²) in [7, 11) is 2.22. The van der Waals surface area contributed by atoms with Crippen molar-refractivity contribution in [2.75, 3.05) is 25.5 Å². The van der Waals surface area contributed by atoms with Gasteiger partial charge >= 0.3 is 0 Å². The lowest BCUT2D eigenvalue weighted by atomic mass is 9.79. The Morgan fingerprint density at radius 1 is 1.14 bits per heavy atom. The Labute approximate surface area is 126 Å². The van der Waals surface area contributed by atoms with E-state index in [1.165, 1.54) is 42.9 Å². The third-order valence-electron chi connectivity index (χ3n) is 5.02. The highest BCUT2D eigenvalue weighted by atomic mass is 15.1. The van der Waals surface area contributed by atoms with E-state index in [2.05, 4.69) is 59.8 Å². The fourth-order valence-corrected chi connectivity index (χ4v) is 3.74. The van der Waals surface area contributed by atoms with Crippen molar-refractivity contribution in [3.63, 3.8) is 0 Å². The molecular weight excluding hydrogens is 256 g/mol. The minimum atomic E-state index is 0.531. The summed E-state index contributed by atoms with van der Waals surface area (Å²) < 4.78 is 0. The Morgan fingerprint density at radius 2 is 1.95 bits per heavy atom. The number of hydrogen-bond donors (Lipinski definition) is 1. The number of allylic oxidation sites excluding steroid dienone is 4. The predicted octanol–water partition coefficient (Wildman–Crippen LogP) is 3.75. The van der Waals surface area contributed by atoms with Crippen LogP contribution in [0.3, 0.4) is 0 Å². The number of benzene rings is 1. The predicted molar refractivity (Wildman–Crippen MR) is 88.2 cm³/mol. The number of anilines is 1. The summed E-state index contributed by atoms with van der Waals surface area (Å²) in [6, 6.07) is 8.71. The van der Waals surface area contributed by atoms with Crippen molar-refractivity contribution in [3.05, 3.63) is 64.9 Å². The van der Waals surface area contributed by atoms with Gasteiger partial charge < -0.3 is 10.2 Å². The molecule has 1 aromatic carbocycles. The molecular formula is C19H22N2. The normalized spacial score (nSPS) is 25.0. The highest BCUT2D eigenvalue weighted by Gasteiger charge is 2.28. The Morgan fingerprint density at radius 3 is 2.81 bits per heavy atom. The quantitative estimate of drug-likeness (QED) is 0.777. The molecule has 0 radical (unpaired) electrons. The van der Waals surface area contributed by atoms with Gasteiger partial charge in [0.15, 0.2) is 0 Å². The van der Waals surface area contributed by atoms with Crippen molar-refractivity contribution in [1.29, 1.82) is 0 Å². The summed E-state index contributed by atoms with van der Waals surface area (Å²) in [6.07, 6.45) is 10.4. The molecule has 1 atom stereocenters. The van der Waals surface area contributed by atoms with Gasteiger partial charge in [-0.1, -0.05) is 35.9 Å². The van der Waals surface area contributed by atoms with Crippen LogP contribution in [0.1, 0.15) is 18.4 Å². The first-order chi connectivity index (χ1) is 10.3. The molecule has 1 unspecified atom stereocenters. The molecule has 2 aliphatic heterocycles. The lowest BCUT2D eigenvalue weighted by Gasteiger charge is -2.35. The summed E-state index contributed by atoms with van der Waals surface area (Å²) in [4.78, 5) is 2.43. The minimum absolute atomic E-state index is 0.531. The van der Waals surface area contributed by atoms with Gasteiger partial charge in [0, 0.05) is 30.4 Å². The lowest BCUT2D eigenvalue weighted by Crippen LogP contribution is -2.29. The van der Waals surface area contributed by atoms with Crippen molar-refractivity contribution in [2.45, 2.75) is 19.3 Å². The maximum atomic E-state index is 3.64. The van der Waals surface area contributed by atoms with Crippen LogP contribution >= 0.6 is 0 Å². The van der Waals surface area contributed by atoms with Crippen molar-refractivity contribution >= 4 is 5.69 Å². The number of hydrogen-bond acceptors (Lipinski definition) is 2. The van der Waals surface area contributed by atoms with Crippen molar-refractivity contribution < 1.29 is 0 Å². The molecule has 1 saturated heterocycles. The van der Waals surface area contributed by atoms with Gasteiger partial charge in [-0.2, -0.15) is 0 Å². The lowest BCUT2D eigenvalue weighted by molar-refractivity contribution is 0.310. The summed E-state index contributed by atoms with van der Waals surface area (Å²) in [5.74, 6) is 0.531. The van der Waals surface area contributed by atoms with Crippen LogP contribution < -0.4 is 5.32 Å². The van der Waals surface area contributed by atoms with E-state index >= 15 is 0 Å². The molecule has 2 heteroatoms. The third-order valence-corrected chi connectivity index (χ3v) is 5.02. The van der Waals surface area contributed by atoms with Crippen LogP contribution in [0.25, 0.3) is 0 Å². The maximum Gasteiger partial charge on any atom is 0.0414 e. The summed E-state index contributed by atoms with van der Waals surface area (Å²) in [5, 5.41) is 3.64. The Bertz CT molecular complexity index is 641. The van der Waals surface area contributed by atoms with E-state index in [9.17, 15) is 0 Å². The van der Waals surface area contributed by atoms with Crippen LogP contribution in [0.2, 0.25) is 0 Å². The van der Waals surface area contributed by atoms with Gasteiger partial charge in [-0.05, 0) is 49.6 Å². The molecule has 0 bridgehead atoms. The maximum absolute atomic E-state index is 3.64. The zero-order valence-corrected chi connectivity index (χ0v) is 12.6. The van der Waals surface area contributed by atoms with Crippen molar-refractivity contribution in [3.8, 4) is 0 Å². The average Bonchev–Trinajstić information content (AvgIpc) is 2.53. The van der Waals surface area contributed by atoms with E-state index in [0.717, 1.165) is 6.42 Å². The van der Waals surface area contributed by atoms with Crippen LogP contribution in [-0.4, -0.2) is 25.0 Å². The first-order valence-electron chi connectivity index (χ1n) is 7.95. The summed E-state index contributed by atoms with van der Waals surface area (Å²) in [6.45, 7) is 2.39. The molecule has 0 spiro atoms. The molecule has 1 aliphatic carbocycles. The Balaban J connectivity index is 1.69. The van der Waals surface area contributed by atoms with Gasteiger partial charge in [-0.15, -0.1) is 0 Å². The van der Waals surface area contributed by atoms with E-state index in [1.54, 1.807) is 11.1 Å². The minimum Gasteiger partial charge on any atom is -0.358 e. The fraction of sp³-hybridized carbons (Fsp3) is 0.368. The Kier molecular flexibility index (Phi) is 3.19. The van der Waals surface area contributed by atoms with Crippen LogP contribution in [-0.2, 0) is 6.42 Å². The molecule has 0 aromatic heterocycles. The van der Waals surface area contributed by atoms with Gasteiger partial charge in [0.1, 0.15) is 0 Å². The van der Waals surface area contributed by atoms with Crippen LogP contribution in [0.4, 0.5) is 5.69 Å². The summed E-state index contributed by atoms with van der Waals surface area (Å²) >= 11 is 0. The second-order valence-electron chi connectivity index (χ2n) is 6.38. The molecule has 2 nitrogen and oxygen atoms in total.